The van der Waals surface area contributed by atoms with Gasteiger partial charge in [0.1, 0.15) is 5.70 Å². The molecule has 172 valence electrons. The van der Waals surface area contributed by atoms with Gasteiger partial charge in [0.05, 0.1) is 14.2 Å². The Morgan fingerprint density at radius 3 is 2.42 bits per heavy atom. The highest BCUT2D eigenvalue weighted by Crippen LogP contribution is 2.27. The minimum Gasteiger partial charge on any atom is -0.493 e. The smallest absolute Gasteiger partial charge is 0.268 e. The molecule has 1 aromatic heterocycles. The molecule has 0 aliphatic heterocycles. The van der Waals surface area contributed by atoms with Crippen LogP contribution in [0.1, 0.15) is 34.1 Å². The van der Waals surface area contributed by atoms with Crippen LogP contribution in [0.3, 0.4) is 0 Å². The SMILES string of the molecule is COc1ccc(C(=O)N/C(=C\c2cccs2)C(=O)N[C@@H](C)CCc2ccccc2)cc1OC. The molecule has 0 saturated carbocycles. The van der Waals surface area contributed by atoms with Crippen molar-refractivity contribution in [2.75, 3.05) is 14.2 Å². The van der Waals surface area contributed by atoms with Crippen molar-refractivity contribution >= 4 is 29.2 Å². The summed E-state index contributed by atoms with van der Waals surface area (Å²) >= 11 is 1.48. The number of hydrogen-bond acceptors (Lipinski definition) is 5. The van der Waals surface area contributed by atoms with E-state index in [4.69, 9.17) is 9.47 Å². The van der Waals surface area contributed by atoms with Crippen LogP contribution in [0.2, 0.25) is 0 Å². The fourth-order valence-corrected chi connectivity index (χ4v) is 3.90. The molecule has 1 heterocycles. The lowest BCUT2D eigenvalue weighted by molar-refractivity contribution is -0.118. The second-order valence-corrected chi connectivity index (χ2v) is 8.48. The number of thiophene rings is 1. The van der Waals surface area contributed by atoms with Crippen molar-refractivity contribution < 1.29 is 19.1 Å². The van der Waals surface area contributed by atoms with Crippen molar-refractivity contribution in [3.8, 4) is 11.5 Å². The molecule has 2 amide bonds. The van der Waals surface area contributed by atoms with Gasteiger partial charge in [0.25, 0.3) is 11.8 Å². The molecule has 0 spiro atoms. The van der Waals surface area contributed by atoms with Gasteiger partial charge >= 0.3 is 0 Å². The molecule has 2 N–H and O–H groups in total. The minimum atomic E-state index is -0.411. The maximum atomic E-state index is 13.0. The first-order chi connectivity index (χ1) is 16.0. The van der Waals surface area contributed by atoms with E-state index in [0.29, 0.717) is 17.1 Å². The number of methoxy groups -OCH3 is 2. The van der Waals surface area contributed by atoms with E-state index in [-0.39, 0.29) is 17.6 Å². The number of rotatable bonds is 10. The van der Waals surface area contributed by atoms with Gasteiger partial charge in [0.15, 0.2) is 11.5 Å². The molecule has 0 fully saturated rings. The largest absolute Gasteiger partial charge is 0.493 e. The van der Waals surface area contributed by atoms with Crippen LogP contribution in [0, 0.1) is 0 Å². The summed E-state index contributed by atoms with van der Waals surface area (Å²) < 4.78 is 10.5. The van der Waals surface area contributed by atoms with Crippen molar-refractivity contribution in [3.63, 3.8) is 0 Å². The van der Waals surface area contributed by atoms with Crippen molar-refractivity contribution in [1.29, 1.82) is 0 Å². The standard InChI is InChI=1S/C26H28N2O4S/c1-18(11-12-19-8-5-4-6-9-19)27-26(30)22(17-21-10-7-15-33-21)28-25(29)20-13-14-23(31-2)24(16-20)32-3/h4-10,13-18H,11-12H2,1-3H3,(H,27,30)(H,28,29)/b22-17-/t18-/m0/s1. The average molecular weight is 465 g/mol. The third-order valence-corrected chi connectivity index (χ3v) is 5.87. The van der Waals surface area contributed by atoms with E-state index in [0.717, 1.165) is 17.7 Å². The molecular formula is C26H28N2O4S. The predicted molar refractivity (Wildman–Crippen MR) is 132 cm³/mol. The van der Waals surface area contributed by atoms with Gasteiger partial charge in [-0.05, 0) is 61.1 Å². The Bertz CT molecular complexity index is 1090. The molecule has 2 aromatic carbocycles. The van der Waals surface area contributed by atoms with Crippen LogP contribution >= 0.6 is 11.3 Å². The summed E-state index contributed by atoms with van der Waals surface area (Å²) in [5.74, 6) is 0.213. The molecule has 3 aromatic rings. The van der Waals surface area contributed by atoms with Gasteiger partial charge in [0, 0.05) is 16.5 Å². The molecule has 1 atom stereocenters. The fraction of sp³-hybridized carbons (Fsp3) is 0.231. The molecule has 0 saturated heterocycles. The summed E-state index contributed by atoms with van der Waals surface area (Å²) in [5, 5.41) is 7.67. The topological polar surface area (TPSA) is 76.7 Å². The molecule has 33 heavy (non-hydrogen) atoms. The maximum absolute atomic E-state index is 13.0. The van der Waals surface area contributed by atoms with Crippen LogP contribution in [0.15, 0.2) is 71.7 Å². The monoisotopic (exact) mass is 464 g/mol. The van der Waals surface area contributed by atoms with E-state index in [1.807, 2.05) is 42.6 Å². The molecule has 0 aliphatic rings. The molecule has 0 radical (unpaired) electrons. The van der Waals surface area contributed by atoms with E-state index in [1.165, 1.54) is 31.1 Å². The maximum Gasteiger partial charge on any atom is 0.268 e. The number of benzene rings is 2. The first-order valence-corrected chi connectivity index (χ1v) is 11.5. The molecule has 7 heteroatoms. The van der Waals surface area contributed by atoms with Crippen LogP contribution in [0.4, 0.5) is 0 Å². The van der Waals surface area contributed by atoms with Gasteiger partial charge in [-0.15, -0.1) is 11.3 Å². The first-order valence-electron chi connectivity index (χ1n) is 10.6. The lowest BCUT2D eigenvalue weighted by Crippen LogP contribution is -2.39. The molecule has 6 nitrogen and oxygen atoms in total. The third kappa shape index (κ3) is 6.95. The number of amides is 2. The van der Waals surface area contributed by atoms with Crippen LogP contribution in [-0.4, -0.2) is 32.1 Å². The van der Waals surface area contributed by atoms with E-state index < -0.39 is 5.91 Å². The number of carbonyl (C=O) groups is 2. The lowest BCUT2D eigenvalue weighted by Gasteiger charge is -2.16. The summed E-state index contributed by atoms with van der Waals surface area (Å²) in [7, 11) is 3.04. The first kappa shape index (κ1) is 24.1. The van der Waals surface area contributed by atoms with Gasteiger partial charge in [-0.3, -0.25) is 9.59 Å². The normalized spacial score (nSPS) is 12.0. The Balaban J connectivity index is 1.72. The summed E-state index contributed by atoms with van der Waals surface area (Å²) in [6.45, 7) is 1.96. The number of nitrogens with one attached hydrogen (secondary N) is 2. The average Bonchev–Trinajstić information content (AvgIpc) is 3.35. The summed E-state index contributed by atoms with van der Waals surface area (Å²) in [6, 6.07) is 18.7. The third-order valence-electron chi connectivity index (χ3n) is 5.05. The number of aryl methyl sites for hydroxylation is 1. The van der Waals surface area contributed by atoms with Gasteiger partial charge in [-0.25, -0.2) is 0 Å². The van der Waals surface area contributed by atoms with Crippen molar-refractivity contribution in [3.05, 3.63) is 87.7 Å². The van der Waals surface area contributed by atoms with Crippen molar-refractivity contribution in [2.24, 2.45) is 0 Å². The van der Waals surface area contributed by atoms with Crippen molar-refractivity contribution in [1.82, 2.24) is 10.6 Å². The Hall–Kier alpha value is -3.58. The molecular weight excluding hydrogens is 436 g/mol. The highest BCUT2D eigenvalue weighted by molar-refractivity contribution is 7.10. The van der Waals surface area contributed by atoms with E-state index in [2.05, 4.69) is 22.8 Å². The van der Waals surface area contributed by atoms with Crippen LogP contribution in [0.25, 0.3) is 6.08 Å². The highest BCUT2D eigenvalue weighted by Gasteiger charge is 2.18. The number of hydrogen-bond donors (Lipinski definition) is 2. The molecule has 3 rings (SSSR count). The molecule has 0 unspecified atom stereocenters. The zero-order valence-electron chi connectivity index (χ0n) is 19.0. The van der Waals surface area contributed by atoms with E-state index in [1.54, 1.807) is 24.3 Å². The number of carbonyl (C=O) groups excluding carboxylic acids is 2. The van der Waals surface area contributed by atoms with E-state index in [9.17, 15) is 9.59 Å². The van der Waals surface area contributed by atoms with Crippen molar-refractivity contribution in [2.45, 2.75) is 25.8 Å². The van der Waals surface area contributed by atoms with Gasteiger partial charge in [-0.2, -0.15) is 0 Å². The summed E-state index contributed by atoms with van der Waals surface area (Å²) in [4.78, 5) is 26.8. The second kappa shape index (κ2) is 11.9. The number of ether oxygens (including phenoxy) is 2. The van der Waals surface area contributed by atoms with Crippen LogP contribution in [0.5, 0.6) is 11.5 Å². The Morgan fingerprint density at radius 2 is 1.76 bits per heavy atom. The zero-order chi connectivity index (χ0) is 23.6. The van der Waals surface area contributed by atoms with Gasteiger partial charge < -0.3 is 20.1 Å². The zero-order valence-corrected chi connectivity index (χ0v) is 19.8. The Labute approximate surface area is 198 Å². The molecule has 0 bridgehead atoms. The van der Waals surface area contributed by atoms with Gasteiger partial charge in [0.2, 0.25) is 0 Å². The van der Waals surface area contributed by atoms with Crippen LogP contribution in [-0.2, 0) is 11.2 Å². The quantitative estimate of drug-likeness (QED) is 0.428. The Morgan fingerprint density at radius 1 is 1.00 bits per heavy atom. The Kier molecular flexibility index (Phi) is 8.66. The van der Waals surface area contributed by atoms with E-state index >= 15 is 0 Å². The predicted octanol–water partition coefficient (Wildman–Crippen LogP) is 4.67. The molecule has 0 aliphatic carbocycles. The summed E-state index contributed by atoms with van der Waals surface area (Å²) in [6.07, 6.45) is 3.32. The summed E-state index contributed by atoms with van der Waals surface area (Å²) in [5.41, 5.74) is 1.76. The van der Waals surface area contributed by atoms with Crippen LogP contribution < -0.4 is 20.1 Å². The lowest BCUT2D eigenvalue weighted by atomic mass is 10.1. The highest BCUT2D eigenvalue weighted by atomic mass is 32.1. The fourth-order valence-electron chi connectivity index (χ4n) is 3.25. The second-order valence-electron chi connectivity index (χ2n) is 7.50. The minimum absolute atomic E-state index is 0.0672. The van der Waals surface area contributed by atoms with Gasteiger partial charge in [-0.1, -0.05) is 36.4 Å².